The highest BCUT2D eigenvalue weighted by Crippen LogP contribution is 2.43. The standard InChI is InChI=1S/C36H39Cl2N7O4/c1-48-35-28(16-39-15-21-10-12-31(47)42-21)40-17-26(43-35)24-7-3-5-22(32(24)37)23-6-4-8-25(33(23)38)27-18-41-29(36(44-27)49-2)19-45-14-13-20-9-11-30(46)34(20)45/h3-8,17-18,20-21,30,34,39,46H,9-16,19H2,1-2H3,(H,42,47)/t20-,21-,30+,34+/m0/s1. The Morgan fingerprint density at radius 3 is 2.10 bits per heavy atom. The number of methoxy groups -OCH3 is 2. The topological polar surface area (TPSA) is 135 Å². The largest absolute Gasteiger partial charge is 0.480 e. The van der Waals surface area contributed by atoms with Crippen LogP contribution in [0.2, 0.25) is 10.0 Å². The fourth-order valence-corrected chi connectivity index (χ4v) is 8.09. The summed E-state index contributed by atoms with van der Waals surface area (Å²) < 4.78 is 11.3. The molecule has 3 N–H and O–H groups in total. The van der Waals surface area contributed by atoms with Crippen molar-refractivity contribution in [2.45, 2.75) is 63.4 Å². The number of ether oxygens (including phenoxy) is 2. The number of carbonyl (C=O) groups excluding carboxylic acids is 1. The summed E-state index contributed by atoms with van der Waals surface area (Å²) in [7, 11) is 3.15. The summed E-state index contributed by atoms with van der Waals surface area (Å²) >= 11 is 14.2. The summed E-state index contributed by atoms with van der Waals surface area (Å²) in [4.78, 5) is 32.8. The highest BCUT2D eigenvalue weighted by Gasteiger charge is 2.43. The molecular weight excluding hydrogens is 665 g/mol. The molecule has 3 aliphatic rings. The van der Waals surface area contributed by atoms with Crippen molar-refractivity contribution in [3.8, 4) is 45.4 Å². The van der Waals surface area contributed by atoms with Crippen LogP contribution in [0.1, 0.15) is 43.5 Å². The van der Waals surface area contributed by atoms with Crippen LogP contribution in [0, 0.1) is 5.92 Å². The summed E-state index contributed by atoms with van der Waals surface area (Å²) in [6.45, 7) is 2.57. The molecule has 3 fully saturated rings. The number of likely N-dealkylation sites (tertiary alicyclic amines) is 1. The zero-order valence-electron chi connectivity index (χ0n) is 27.5. The predicted molar refractivity (Wildman–Crippen MR) is 187 cm³/mol. The monoisotopic (exact) mass is 703 g/mol. The molecule has 0 bridgehead atoms. The molecule has 4 atom stereocenters. The third-order valence-electron chi connectivity index (χ3n) is 9.89. The second kappa shape index (κ2) is 14.5. The van der Waals surface area contributed by atoms with Crippen molar-refractivity contribution in [3.05, 3.63) is 70.2 Å². The molecule has 2 aliphatic heterocycles. The molecule has 1 amide bonds. The minimum Gasteiger partial charge on any atom is -0.480 e. The summed E-state index contributed by atoms with van der Waals surface area (Å²) in [6.07, 6.45) is 7.49. The highest BCUT2D eigenvalue weighted by molar-refractivity contribution is 6.39. The molecule has 256 valence electrons. The molecule has 2 aromatic heterocycles. The van der Waals surface area contributed by atoms with Crippen LogP contribution in [0.3, 0.4) is 0 Å². The smallest absolute Gasteiger partial charge is 0.237 e. The number of nitrogens with zero attached hydrogens (tertiary/aromatic N) is 5. The quantitative estimate of drug-likeness (QED) is 0.189. The van der Waals surface area contributed by atoms with Crippen LogP contribution in [0.15, 0.2) is 48.8 Å². The lowest BCUT2D eigenvalue weighted by Crippen LogP contribution is -2.38. The van der Waals surface area contributed by atoms with Crippen LogP contribution >= 0.6 is 23.2 Å². The number of aromatic nitrogens is 4. The predicted octanol–water partition coefficient (Wildman–Crippen LogP) is 5.31. The Hall–Kier alpha value is -3.87. The summed E-state index contributed by atoms with van der Waals surface area (Å²) in [5, 5.41) is 17.8. The molecule has 49 heavy (non-hydrogen) atoms. The molecule has 4 heterocycles. The molecule has 2 saturated heterocycles. The number of nitrogens with one attached hydrogen (secondary N) is 2. The molecular formula is C36H39Cl2N7O4. The Morgan fingerprint density at radius 2 is 1.49 bits per heavy atom. The first-order valence-electron chi connectivity index (χ1n) is 16.6. The molecule has 4 aromatic rings. The number of aliphatic hydroxyl groups is 1. The minimum atomic E-state index is -0.299. The Labute approximate surface area is 295 Å². The molecule has 0 unspecified atom stereocenters. The SMILES string of the molecule is COc1nc(-c2cccc(-c3cccc(-c4cnc(CN5CC[C@@H]6CC[C@@H](O)[C@@H]65)c(OC)n4)c3Cl)c2Cl)cnc1CNC[C@@H]1CCC(=O)N1. The number of halogens is 2. The molecule has 11 nitrogen and oxygen atoms in total. The van der Waals surface area contributed by atoms with Crippen molar-refractivity contribution < 1.29 is 19.4 Å². The van der Waals surface area contributed by atoms with E-state index in [9.17, 15) is 9.90 Å². The van der Waals surface area contributed by atoms with E-state index in [1.54, 1.807) is 26.6 Å². The maximum absolute atomic E-state index is 11.5. The van der Waals surface area contributed by atoms with E-state index >= 15 is 0 Å². The zero-order valence-corrected chi connectivity index (χ0v) is 29.0. The normalized spacial score (nSPS) is 21.9. The van der Waals surface area contributed by atoms with E-state index in [1.165, 1.54) is 0 Å². The molecule has 13 heteroatoms. The fraction of sp³-hybridized carbons (Fsp3) is 0.417. The Kier molecular flexibility index (Phi) is 9.98. The first kappa shape index (κ1) is 33.6. The number of amides is 1. The second-order valence-electron chi connectivity index (χ2n) is 12.8. The van der Waals surface area contributed by atoms with Gasteiger partial charge in [0.2, 0.25) is 17.7 Å². The van der Waals surface area contributed by atoms with E-state index in [-0.39, 0.29) is 24.1 Å². The van der Waals surface area contributed by atoms with E-state index in [0.29, 0.717) is 82.0 Å². The van der Waals surface area contributed by atoms with Crippen LogP contribution in [0.5, 0.6) is 11.8 Å². The first-order chi connectivity index (χ1) is 23.8. The Balaban J connectivity index is 1.12. The third kappa shape index (κ3) is 6.82. The number of hydrogen-bond acceptors (Lipinski definition) is 10. The van der Waals surface area contributed by atoms with E-state index < -0.39 is 0 Å². The molecule has 0 spiro atoms. The van der Waals surface area contributed by atoms with Gasteiger partial charge in [-0.2, -0.15) is 0 Å². The number of aliphatic hydroxyl groups excluding tert-OH is 1. The van der Waals surface area contributed by atoms with Crippen LogP contribution in [-0.4, -0.2) is 81.3 Å². The number of hydrogen-bond donors (Lipinski definition) is 3. The van der Waals surface area contributed by atoms with Gasteiger partial charge in [0.25, 0.3) is 0 Å². The van der Waals surface area contributed by atoms with E-state index in [0.717, 1.165) is 49.0 Å². The van der Waals surface area contributed by atoms with Crippen molar-refractivity contribution in [3.63, 3.8) is 0 Å². The average Bonchev–Trinajstić information content (AvgIpc) is 3.83. The van der Waals surface area contributed by atoms with Crippen LogP contribution < -0.4 is 20.1 Å². The van der Waals surface area contributed by atoms with Gasteiger partial charge in [-0.1, -0.05) is 59.6 Å². The fourth-order valence-electron chi connectivity index (χ4n) is 7.44. The van der Waals surface area contributed by atoms with Gasteiger partial charge in [-0.25, -0.2) is 9.97 Å². The molecule has 0 radical (unpaired) electrons. The molecule has 1 saturated carbocycles. The van der Waals surface area contributed by atoms with Gasteiger partial charge >= 0.3 is 0 Å². The van der Waals surface area contributed by atoms with Crippen molar-refractivity contribution >= 4 is 29.1 Å². The van der Waals surface area contributed by atoms with Gasteiger partial charge in [-0.3, -0.25) is 19.7 Å². The number of benzene rings is 2. The highest BCUT2D eigenvalue weighted by atomic mass is 35.5. The summed E-state index contributed by atoms with van der Waals surface area (Å²) in [5.74, 6) is 1.45. The van der Waals surface area contributed by atoms with Crippen molar-refractivity contribution in [1.29, 1.82) is 0 Å². The van der Waals surface area contributed by atoms with Crippen molar-refractivity contribution in [2.75, 3.05) is 27.3 Å². The number of rotatable bonds is 11. The van der Waals surface area contributed by atoms with Gasteiger partial charge in [-0.05, 0) is 38.1 Å². The van der Waals surface area contributed by atoms with Crippen LogP contribution in [-0.2, 0) is 17.9 Å². The number of fused-ring (bicyclic) bond motifs is 1. The summed E-state index contributed by atoms with van der Waals surface area (Å²) in [6, 6.07) is 11.7. The summed E-state index contributed by atoms with van der Waals surface area (Å²) in [5.41, 5.74) is 5.36. The molecule has 2 aromatic carbocycles. The van der Waals surface area contributed by atoms with Crippen LogP contribution in [0.25, 0.3) is 33.6 Å². The minimum absolute atomic E-state index is 0.0841. The maximum Gasteiger partial charge on any atom is 0.237 e. The lowest BCUT2D eigenvalue weighted by molar-refractivity contribution is -0.119. The van der Waals surface area contributed by atoms with E-state index in [2.05, 4.69) is 20.5 Å². The van der Waals surface area contributed by atoms with Crippen molar-refractivity contribution in [1.82, 2.24) is 35.5 Å². The van der Waals surface area contributed by atoms with Crippen LogP contribution in [0.4, 0.5) is 0 Å². The maximum atomic E-state index is 11.5. The van der Waals surface area contributed by atoms with Gasteiger partial charge in [0.1, 0.15) is 11.4 Å². The molecule has 7 rings (SSSR count). The molecule has 1 aliphatic carbocycles. The first-order valence-corrected chi connectivity index (χ1v) is 17.4. The zero-order chi connectivity index (χ0) is 34.1. The second-order valence-corrected chi connectivity index (χ2v) is 13.6. The average molecular weight is 705 g/mol. The van der Waals surface area contributed by atoms with Gasteiger partial charge in [0.15, 0.2) is 0 Å². The van der Waals surface area contributed by atoms with Gasteiger partial charge < -0.3 is 25.2 Å². The third-order valence-corrected chi connectivity index (χ3v) is 10.7. The van der Waals surface area contributed by atoms with Gasteiger partial charge in [-0.15, -0.1) is 0 Å². The lowest BCUT2D eigenvalue weighted by Gasteiger charge is -2.26. The van der Waals surface area contributed by atoms with Gasteiger partial charge in [0.05, 0.1) is 54.2 Å². The lowest BCUT2D eigenvalue weighted by atomic mass is 9.98. The van der Waals surface area contributed by atoms with E-state index in [1.807, 2.05) is 36.4 Å². The van der Waals surface area contributed by atoms with Gasteiger partial charge in [0, 0.05) is 60.4 Å². The Morgan fingerprint density at radius 1 is 0.878 bits per heavy atom. The number of carbonyl (C=O) groups is 1. The van der Waals surface area contributed by atoms with Crippen molar-refractivity contribution in [2.24, 2.45) is 5.92 Å². The van der Waals surface area contributed by atoms with E-state index in [4.69, 9.17) is 47.6 Å². The Bertz CT molecular complexity index is 1860.